The minimum absolute atomic E-state index is 0.335. The molecule has 1 aromatic rings. The molecule has 0 aromatic heterocycles. The van der Waals surface area contributed by atoms with Gasteiger partial charge in [0, 0.05) is 6.42 Å². The van der Waals surface area contributed by atoms with Crippen molar-refractivity contribution in [3.05, 3.63) is 35.9 Å². The lowest BCUT2D eigenvalue weighted by Crippen LogP contribution is -2.20. The number of hydrogen-bond donors (Lipinski definition) is 0. The maximum atomic E-state index is 11.4. The number of esters is 2. The van der Waals surface area contributed by atoms with Crippen molar-refractivity contribution in [3.63, 3.8) is 0 Å². The minimum Gasteiger partial charge on any atom is -0.468 e. The summed E-state index contributed by atoms with van der Waals surface area (Å²) in [6.45, 7) is 0. The Kier molecular flexibility index (Phi) is 2.90. The van der Waals surface area contributed by atoms with Gasteiger partial charge in [0.2, 0.25) is 0 Å². The Morgan fingerprint density at radius 2 is 2.06 bits per heavy atom. The van der Waals surface area contributed by atoms with Gasteiger partial charge in [0.15, 0.2) is 5.92 Å². The molecule has 1 fully saturated rings. The molecule has 1 unspecified atom stereocenters. The van der Waals surface area contributed by atoms with Crippen LogP contribution < -0.4 is 0 Å². The Morgan fingerprint density at radius 3 is 2.69 bits per heavy atom. The summed E-state index contributed by atoms with van der Waals surface area (Å²) in [5.41, 5.74) is 0.905. The van der Waals surface area contributed by atoms with E-state index in [4.69, 9.17) is 4.74 Å². The van der Waals surface area contributed by atoms with Gasteiger partial charge < -0.3 is 9.47 Å². The highest BCUT2D eigenvalue weighted by molar-refractivity contribution is 5.96. The second kappa shape index (κ2) is 4.35. The van der Waals surface area contributed by atoms with Crippen molar-refractivity contribution in [2.75, 3.05) is 7.11 Å². The summed E-state index contributed by atoms with van der Waals surface area (Å²) in [7, 11) is 1.27. The van der Waals surface area contributed by atoms with Gasteiger partial charge in [0.25, 0.3) is 0 Å². The van der Waals surface area contributed by atoms with Gasteiger partial charge >= 0.3 is 11.9 Å². The first kappa shape index (κ1) is 10.7. The van der Waals surface area contributed by atoms with Crippen molar-refractivity contribution in [1.29, 1.82) is 0 Å². The molecule has 4 heteroatoms. The summed E-state index contributed by atoms with van der Waals surface area (Å²) in [4.78, 5) is 22.7. The van der Waals surface area contributed by atoms with Crippen LogP contribution in [0.2, 0.25) is 0 Å². The molecule has 0 radical (unpaired) electrons. The van der Waals surface area contributed by atoms with Crippen molar-refractivity contribution in [1.82, 2.24) is 0 Å². The molecule has 1 heterocycles. The van der Waals surface area contributed by atoms with Crippen molar-refractivity contribution in [3.8, 4) is 0 Å². The molecule has 1 aromatic carbocycles. The molecule has 0 aliphatic carbocycles. The summed E-state index contributed by atoms with van der Waals surface area (Å²) in [6, 6.07) is 9.37. The maximum absolute atomic E-state index is 11.4. The minimum atomic E-state index is -0.782. The fraction of sp³-hybridized carbons (Fsp3) is 0.333. The van der Waals surface area contributed by atoms with Gasteiger partial charge in [-0.1, -0.05) is 30.3 Å². The van der Waals surface area contributed by atoms with Crippen LogP contribution in [-0.4, -0.2) is 19.0 Å². The van der Waals surface area contributed by atoms with Gasteiger partial charge in [-0.2, -0.15) is 0 Å². The van der Waals surface area contributed by atoms with Crippen molar-refractivity contribution in [2.24, 2.45) is 5.92 Å². The van der Waals surface area contributed by atoms with Crippen molar-refractivity contribution < 1.29 is 19.1 Å². The number of ether oxygens (including phenoxy) is 2. The summed E-state index contributed by atoms with van der Waals surface area (Å²) < 4.78 is 9.69. The third-order valence-corrected chi connectivity index (χ3v) is 2.65. The standard InChI is InChI=1S/C12H12O4/c1-15-11(13)9-7-10(16-12(9)14)8-5-3-2-4-6-8/h2-6,9-10H,7H2,1H3/t9?,10-/m0/s1. The maximum Gasteiger partial charge on any atom is 0.321 e. The van der Waals surface area contributed by atoms with E-state index < -0.39 is 17.9 Å². The van der Waals surface area contributed by atoms with Crippen LogP contribution in [0.25, 0.3) is 0 Å². The van der Waals surface area contributed by atoms with Crippen LogP contribution in [-0.2, 0) is 19.1 Å². The number of cyclic esters (lactones) is 1. The van der Waals surface area contributed by atoms with E-state index in [2.05, 4.69) is 4.74 Å². The largest absolute Gasteiger partial charge is 0.468 e. The Morgan fingerprint density at radius 1 is 1.38 bits per heavy atom. The molecule has 84 valence electrons. The normalized spacial score (nSPS) is 23.9. The van der Waals surface area contributed by atoms with Crippen LogP contribution in [0.15, 0.2) is 30.3 Å². The highest BCUT2D eigenvalue weighted by atomic mass is 16.6. The van der Waals surface area contributed by atoms with Crippen LogP contribution in [0, 0.1) is 5.92 Å². The molecule has 0 saturated carbocycles. The number of methoxy groups -OCH3 is 1. The van der Waals surface area contributed by atoms with Gasteiger partial charge in [0.05, 0.1) is 7.11 Å². The van der Waals surface area contributed by atoms with E-state index in [1.54, 1.807) is 0 Å². The Bertz CT molecular complexity index is 399. The Hall–Kier alpha value is -1.84. The molecule has 2 atom stereocenters. The predicted molar refractivity (Wildman–Crippen MR) is 55.4 cm³/mol. The van der Waals surface area contributed by atoms with E-state index in [1.165, 1.54) is 7.11 Å². The molecule has 1 saturated heterocycles. The molecule has 0 N–H and O–H groups in total. The summed E-state index contributed by atoms with van der Waals surface area (Å²) in [5.74, 6) is -1.81. The van der Waals surface area contributed by atoms with Gasteiger partial charge in [-0.05, 0) is 5.56 Å². The topological polar surface area (TPSA) is 52.6 Å². The third-order valence-electron chi connectivity index (χ3n) is 2.65. The SMILES string of the molecule is COC(=O)C1C[C@@H](c2ccccc2)OC1=O. The first-order valence-electron chi connectivity index (χ1n) is 5.05. The fourth-order valence-electron chi connectivity index (χ4n) is 1.79. The summed E-state index contributed by atoms with van der Waals surface area (Å²) in [5, 5.41) is 0. The number of hydrogen-bond acceptors (Lipinski definition) is 4. The lowest BCUT2D eigenvalue weighted by atomic mass is 10.0. The quantitative estimate of drug-likeness (QED) is 0.559. The molecule has 2 rings (SSSR count). The predicted octanol–water partition coefficient (Wildman–Crippen LogP) is 1.46. The van der Waals surface area contributed by atoms with Crippen molar-refractivity contribution in [2.45, 2.75) is 12.5 Å². The van der Waals surface area contributed by atoms with Crippen molar-refractivity contribution >= 4 is 11.9 Å². The zero-order chi connectivity index (χ0) is 11.5. The second-order valence-corrected chi connectivity index (χ2v) is 3.65. The average molecular weight is 220 g/mol. The fourth-order valence-corrected chi connectivity index (χ4v) is 1.79. The summed E-state index contributed by atoms with van der Waals surface area (Å²) in [6.07, 6.45) is 0.0213. The van der Waals surface area contributed by atoms with E-state index in [9.17, 15) is 9.59 Å². The number of benzene rings is 1. The van der Waals surface area contributed by atoms with E-state index in [1.807, 2.05) is 30.3 Å². The van der Waals surface area contributed by atoms with Crippen LogP contribution >= 0.6 is 0 Å². The smallest absolute Gasteiger partial charge is 0.321 e. The van der Waals surface area contributed by atoms with Crippen LogP contribution in [0.4, 0.5) is 0 Å². The molecule has 16 heavy (non-hydrogen) atoms. The lowest BCUT2D eigenvalue weighted by Gasteiger charge is -2.07. The Balaban J connectivity index is 2.13. The van der Waals surface area contributed by atoms with Gasteiger partial charge in [0.1, 0.15) is 6.10 Å². The Labute approximate surface area is 93.2 Å². The molecule has 0 bridgehead atoms. The number of carbonyl (C=O) groups excluding carboxylic acids is 2. The molecule has 0 amide bonds. The number of carbonyl (C=O) groups is 2. The first-order valence-corrected chi connectivity index (χ1v) is 5.05. The lowest BCUT2D eigenvalue weighted by molar-refractivity contribution is -0.154. The van der Waals surface area contributed by atoms with E-state index in [0.29, 0.717) is 6.42 Å². The van der Waals surface area contributed by atoms with Crippen LogP contribution in [0.3, 0.4) is 0 Å². The molecule has 1 aliphatic heterocycles. The van der Waals surface area contributed by atoms with E-state index >= 15 is 0 Å². The van der Waals surface area contributed by atoms with Gasteiger partial charge in [-0.15, -0.1) is 0 Å². The molecule has 0 spiro atoms. The molecule has 4 nitrogen and oxygen atoms in total. The van der Waals surface area contributed by atoms with E-state index in [-0.39, 0.29) is 6.10 Å². The second-order valence-electron chi connectivity index (χ2n) is 3.65. The highest BCUT2D eigenvalue weighted by Crippen LogP contribution is 2.33. The first-order chi connectivity index (χ1) is 7.72. The van der Waals surface area contributed by atoms with E-state index in [0.717, 1.165) is 5.56 Å². The summed E-state index contributed by atoms with van der Waals surface area (Å²) >= 11 is 0. The highest BCUT2D eigenvalue weighted by Gasteiger charge is 2.40. The third kappa shape index (κ3) is 1.91. The molecular weight excluding hydrogens is 208 g/mol. The van der Waals surface area contributed by atoms with Gasteiger partial charge in [-0.3, -0.25) is 9.59 Å². The zero-order valence-corrected chi connectivity index (χ0v) is 8.88. The monoisotopic (exact) mass is 220 g/mol. The van der Waals surface area contributed by atoms with Gasteiger partial charge in [-0.25, -0.2) is 0 Å². The number of rotatable bonds is 2. The van der Waals surface area contributed by atoms with Crippen LogP contribution in [0.1, 0.15) is 18.1 Å². The average Bonchev–Trinajstić information content (AvgIpc) is 2.71. The zero-order valence-electron chi connectivity index (χ0n) is 8.88. The van der Waals surface area contributed by atoms with Crippen LogP contribution in [0.5, 0.6) is 0 Å². The molecule has 1 aliphatic rings. The molecular formula is C12H12O4.